The van der Waals surface area contributed by atoms with E-state index < -0.39 is 0 Å². The number of hydrogen-bond acceptors (Lipinski definition) is 0. The van der Waals surface area contributed by atoms with Gasteiger partial charge in [0.1, 0.15) is 5.82 Å². The predicted octanol–water partition coefficient (Wildman–Crippen LogP) is 7.29. The maximum absolute atomic E-state index is 14.8. The number of fused-ring (bicyclic) bond motifs is 2. The summed E-state index contributed by atoms with van der Waals surface area (Å²) in [5, 5.41) is 0. The first-order valence-corrected chi connectivity index (χ1v) is 11.6. The van der Waals surface area contributed by atoms with Crippen LogP contribution in [0.25, 0.3) is 0 Å². The van der Waals surface area contributed by atoms with Crippen LogP contribution in [-0.2, 0) is 19.3 Å². The predicted molar refractivity (Wildman–Crippen MR) is 112 cm³/mol. The largest absolute Gasteiger partial charge is 0.207 e. The molecule has 0 bridgehead atoms. The van der Waals surface area contributed by atoms with Crippen LogP contribution in [0.15, 0.2) is 24.8 Å². The standard InChI is InChI=1S/C26H37F/c1-3-5-6-19-14-24-12-11-23(17-25(24)26(27)15-19)22-10-9-20-13-18(4-2)7-8-21(20)16-22/h3,14-15,18,20-23H,1,4-13,16-17H2,2H3. The number of aryl methyl sites for hydroxylation is 2. The highest BCUT2D eigenvalue weighted by Gasteiger charge is 2.38. The molecular formula is C26H37F. The molecule has 3 aliphatic rings. The highest BCUT2D eigenvalue weighted by Crippen LogP contribution is 2.48. The Morgan fingerprint density at radius 2 is 1.74 bits per heavy atom. The van der Waals surface area contributed by atoms with Crippen molar-refractivity contribution in [2.75, 3.05) is 0 Å². The SMILES string of the molecule is C=CCCc1cc(F)c2c(c1)CCC(C1CCC3CC(CC)CCC3C1)C2. The van der Waals surface area contributed by atoms with Crippen molar-refractivity contribution in [2.45, 2.75) is 84.0 Å². The van der Waals surface area contributed by atoms with Crippen LogP contribution >= 0.6 is 0 Å². The second-order valence-corrected chi connectivity index (χ2v) is 9.73. The van der Waals surface area contributed by atoms with E-state index >= 15 is 0 Å². The summed E-state index contributed by atoms with van der Waals surface area (Å²) in [6, 6.07) is 4.08. The molecule has 0 radical (unpaired) electrons. The Labute approximate surface area is 165 Å². The first-order valence-electron chi connectivity index (χ1n) is 11.6. The molecule has 0 N–H and O–H groups in total. The quantitative estimate of drug-likeness (QED) is 0.479. The van der Waals surface area contributed by atoms with Gasteiger partial charge in [0.05, 0.1) is 0 Å². The molecule has 0 nitrogen and oxygen atoms in total. The number of rotatable bonds is 5. The highest BCUT2D eigenvalue weighted by molar-refractivity contribution is 5.36. The fourth-order valence-corrected chi connectivity index (χ4v) is 6.55. The fraction of sp³-hybridized carbons (Fsp3) is 0.692. The van der Waals surface area contributed by atoms with E-state index in [4.69, 9.17) is 0 Å². The Kier molecular flexibility index (Phi) is 6.05. The molecule has 0 spiro atoms. The van der Waals surface area contributed by atoms with Gasteiger partial charge >= 0.3 is 0 Å². The van der Waals surface area contributed by atoms with Gasteiger partial charge in [-0.1, -0.05) is 31.9 Å². The van der Waals surface area contributed by atoms with Crippen LogP contribution in [-0.4, -0.2) is 0 Å². The first kappa shape index (κ1) is 19.2. The van der Waals surface area contributed by atoms with Crippen molar-refractivity contribution in [3.8, 4) is 0 Å². The van der Waals surface area contributed by atoms with E-state index in [0.717, 1.165) is 66.4 Å². The van der Waals surface area contributed by atoms with Crippen LogP contribution in [0.2, 0.25) is 0 Å². The van der Waals surface area contributed by atoms with Crippen LogP contribution in [0.5, 0.6) is 0 Å². The van der Waals surface area contributed by atoms with E-state index in [-0.39, 0.29) is 5.82 Å². The maximum atomic E-state index is 14.8. The molecule has 1 aromatic carbocycles. The molecule has 148 valence electrons. The minimum atomic E-state index is 0.0633. The fourth-order valence-electron chi connectivity index (χ4n) is 6.55. The Bertz CT molecular complexity index is 660. The van der Waals surface area contributed by atoms with Gasteiger partial charge in [0.15, 0.2) is 0 Å². The van der Waals surface area contributed by atoms with E-state index in [1.807, 2.05) is 6.08 Å². The Morgan fingerprint density at radius 1 is 1.00 bits per heavy atom. The summed E-state index contributed by atoms with van der Waals surface area (Å²) in [6.45, 7) is 6.16. The second kappa shape index (κ2) is 8.50. The van der Waals surface area contributed by atoms with Crippen molar-refractivity contribution < 1.29 is 4.39 Å². The Balaban J connectivity index is 1.41. The number of halogens is 1. The number of benzene rings is 1. The van der Waals surface area contributed by atoms with E-state index in [1.54, 1.807) is 6.07 Å². The molecule has 0 aliphatic heterocycles. The summed E-state index contributed by atoms with van der Waals surface area (Å²) in [5.41, 5.74) is 3.49. The van der Waals surface area contributed by atoms with Crippen molar-refractivity contribution in [1.29, 1.82) is 0 Å². The average molecular weight is 369 g/mol. The molecule has 27 heavy (non-hydrogen) atoms. The van der Waals surface area contributed by atoms with Crippen molar-refractivity contribution in [3.05, 3.63) is 47.3 Å². The van der Waals surface area contributed by atoms with Crippen LogP contribution < -0.4 is 0 Å². The van der Waals surface area contributed by atoms with Gasteiger partial charge in [-0.25, -0.2) is 4.39 Å². The lowest BCUT2D eigenvalue weighted by molar-refractivity contribution is 0.0705. The Hall–Kier alpha value is -1.11. The lowest BCUT2D eigenvalue weighted by Crippen LogP contribution is -2.35. The molecule has 1 heteroatoms. The summed E-state index contributed by atoms with van der Waals surface area (Å²) >= 11 is 0. The minimum absolute atomic E-state index is 0.0633. The van der Waals surface area contributed by atoms with Crippen LogP contribution in [0.3, 0.4) is 0 Å². The van der Waals surface area contributed by atoms with Crippen LogP contribution in [0.1, 0.15) is 81.4 Å². The first-order chi connectivity index (χ1) is 13.2. The molecule has 0 amide bonds. The molecule has 0 heterocycles. The molecule has 0 saturated heterocycles. The van der Waals surface area contributed by atoms with Gasteiger partial charge in [-0.3, -0.25) is 0 Å². The normalized spacial score (nSPS) is 33.2. The van der Waals surface area contributed by atoms with Gasteiger partial charge in [-0.2, -0.15) is 0 Å². The third-order valence-corrected chi connectivity index (χ3v) is 8.24. The number of hydrogen-bond donors (Lipinski definition) is 0. The average Bonchev–Trinajstić information content (AvgIpc) is 2.71. The molecule has 2 saturated carbocycles. The minimum Gasteiger partial charge on any atom is -0.207 e. The smallest absolute Gasteiger partial charge is 0.126 e. The highest BCUT2D eigenvalue weighted by atomic mass is 19.1. The zero-order valence-corrected chi connectivity index (χ0v) is 17.2. The summed E-state index contributed by atoms with van der Waals surface area (Å²) < 4.78 is 14.8. The lowest BCUT2D eigenvalue weighted by Gasteiger charge is -2.45. The molecule has 2 fully saturated rings. The molecule has 5 unspecified atom stereocenters. The Morgan fingerprint density at radius 3 is 2.52 bits per heavy atom. The molecule has 1 aromatic rings. The molecule has 4 rings (SSSR count). The van der Waals surface area contributed by atoms with Crippen molar-refractivity contribution in [2.24, 2.45) is 29.6 Å². The van der Waals surface area contributed by atoms with Gasteiger partial charge in [0.25, 0.3) is 0 Å². The molecular weight excluding hydrogens is 331 g/mol. The van der Waals surface area contributed by atoms with Crippen molar-refractivity contribution >= 4 is 0 Å². The third-order valence-electron chi connectivity index (χ3n) is 8.24. The molecule has 5 atom stereocenters. The van der Waals surface area contributed by atoms with E-state index in [2.05, 4.69) is 19.6 Å². The van der Waals surface area contributed by atoms with E-state index in [0.29, 0.717) is 0 Å². The zero-order valence-electron chi connectivity index (χ0n) is 17.2. The molecule has 0 aromatic heterocycles. The van der Waals surface area contributed by atoms with Crippen LogP contribution in [0, 0.1) is 35.4 Å². The van der Waals surface area contributed by atoms with Crippen LogP contribution in [0.4, 0.5) is 4.39 Å². The topological polar surface area (TPSA) is 0 Å². The van der Waals surface area contributed by atoms with Gasteiger partial charge in [0, 0.05) is 0 Å². The van der Waals surface area contributed by atoms with Gasteiger partial charge < -0.3 is 0 Å². The maximum Gasteiger partial charge on any atom is 0.126 e. The summed E-state index contributed by atoms with van der Waals surface area (Å²) in [6.07, 6.45) is 17.2. The van der Waals surface area contributed by atoms with Crippen molar-refractivity contribution in [3.63, 3.8) is 0 Å². The third kappa shape index (κ3) is 4.17. The van der Waals surface area contributed by atoms with Gasteiger partial charge in [-0.15, -0.1) is 6.58 Å². The lowest BCUT2D eigenvalue weighted by atomic mass is 9.61. The molecule has 3 aliphatic carbocycles. The summed E-state index contributed by atoms with van der Waals surface area (Å²) in [5.74, 6) is 4.59. The number of allylic oxidation sites excluding steroid dienone is 1. The van der Waals surface area contributed by atoms with Crippen molar-refractivity contribution in [1.82, 2.24) is 0 Å². The monoisotopic (exact) mass is 368 g/mol. The van der Waals surface area contributed by atoms with E-state index in [1.165, 1.54) is 56.9 Å². The summed E-state index contributed by atoms with van der Waals surface area (Å²) in [7, 11) is 0. The van der Waals surface area contributed by atoms with E-state index in [9.17, 15) is 4.39 Å². The zero-order chi connectivity index (χ0) is 18.8. The second-order valence-electron chi connectivity index (χ2n) is 9.73. The van der Waals surface area contributed by atoms with Gasteiger partial charge in [0.2, 0.25) is 0 Å². The van der Waals surface area contributed by atoms with Gasteiger partial charge in [-0.05, 0) is 117 Å². The summed E-state index contributed by atoms with van der Waals surface area (Å²) in [4.78, 5) is 0.